The number of ether oxygens (including phenoxy) is 2. The Bertz CT molecular complexity index is 576. The van der Waals surface area contributed by atoms with Crippen molar-refractivity contribution in [2.75, 3.05) is 13.9 Å². The predicted molar refractivity (Wildman–Crippen MR) is 73.9 cm³/mol. The van der Waals surface area contributed by atoms with Gasteiger partial charge >= 0.3 is 133 Å². The molecule has 1 rings (SSSR count). The topological polar surface area (TPSA) is 61.8 Å². The Morgan fingerprint density at radius 3 is 2.45 bits per heavy atom. The van der Waals surface area contributed by atoms with Crippen molar-refractivity contribution in [1.82, 2.24) is 0 Å². The van der Waals surface area contributed by atoms with Crippen LogP contribution in [0.2, 0.25) is 0 Å². The van der Waals surface area contributed by atoms with E-state index in [0.717, 1.165) is 0 Å². The first-order chi connectivity index (χ1) is 10.2. The summed E-state index contributed by atoms with van der Waals surface area (Å²) in [6.07, 6.45) is 0.123. The summed E-state index contributed by atoms with van der Waals surface area (Å²) in [7, 11) is -4.15. The van der Waals surface area contributed by atoms with E-state index in [1.54, 1.807) is 18.2 Å². The Labute approximate surface area is 133 Å². The van der Waals surface area contributed by atoms with Crippen molar-refractivity contribution in [2.24, 2.45) is 0 Å². The molecule has 0 aliphatic carbocycles. The fourth-order valence-corrected chi connectivity index (χ4v) is 4.17. The zero-order valence-electron chi connectivity index (χ0n) is 11.8. The van der Waals surface area contributed by atoms with Gasteiger partial charge in [0.2, 0.25) is 0 Å². The summed E-state index contributed by atoms with van der Waals surface area (Å²) in [6.45, 7) is 1.85. The van der Waals surface area contributed by atoms with Crippen LogP contribution in [0.1, 0.15) is 25.0 Å². The summed E-state index contributed by atoms with van der Waals surface area (Å²) < 4.78 is 73.5. The van der Waals surface area contributed by atoms with Gasteiger partial charge in [-0.2, -0.15) is 0 Å². The molecule has 0 bridgehead atoms. The number of benzene rings is 1. The normalized spacial score (nSPS) is 14.0. The molecule has 5 nitrogen and oxygen atoms in total. The summed E-state index contributed by atoms with van der Waals surface area (Å²) in [5.41, 5.74) is -4.85. The zero-order valence-corrected chi connectivity index (χ0v) is 14.3. The minimum absolute atomic E-state index is 0.0154. The second-order valence-electron chi connectivity index (χ2n) is 4.06. The summed E-state index contributed by atoms with van der Waals surface area (Å²) in [6, 6.07) is 6.45. The molecule has 1 aromatic carbocycles. The van der Waals surface area contributed by atoms with Crippen LogP contribution in [0.25, 0.3) is 0 Å². The molecule has 0 N–H and O–H groups in total. The van der Waals surface area contributed by atoms with Gasteiger partial charge in [0.05, 0.1) is 0 Å². The summed E-state index contributed by atoms with van der Waals surface area (Å²) in [4.78, 5) is 0. The van der Waals surface area contributed by atoms with Crippen molar-refractivity contribution < 1.29 is 34.3 Å². The van der Waals surface area contributed by atoms with Crippen molar-refractivity contribution >= 4 is 29.9 Å². The van der Waals surface area contributed by atoms with E-state index < -0.39 is 37.0 Å². The van der Waals surface area contributed by atoms with E-state index in [1.165, 1.54) is 13.2 Å². The van der Waals surface area contributed by atoms with Crippen LogP contribution >= 0.6 is 0 Å². The van der Waals surface area contributed by atoms with Crippen LogP contribution in [-0.4, -0.2) is 43.1 Å². The maximum absolute atomic E-state index is 12.3. The molecular formula is C12H15F3O5SSe. The molecule has 126 valence electrons. The molecule has 1 atom stereocenters. The van der Waals surface area contributed by atoms with Gasteiger partial charge in [0, 0.05) is 0 Å². The second kappa shape index (κ2) is 8.28. The molecule has 22 heavy (non-hydrogen) atoms. The van der Waals surface area contributed by atoms with E-state index in [0.29, 0.717) is 16.4 Å². The van der Waals surface area contributed by atoms with Gasteiger partial charge in [0.1, 0.15) is 0 Å². The zero-order chi connectivity index (χ0) is 16.8. The first kappa shape index (κ1) is 19.4. The van der Waals surface area contributed by atoms with Gasteiger partial charge < -0.3 is 0 Å². The molecule has 0 aromatic heterocycles. The van der Waals surface area contributed by atoms with Crippen LogP contribution in [0.4, 0.5) is 13.2 Å². The molecule has 0 unspecified atom stereocenters. The third-order valence-corrected chi connectivity index (χ3v) is 6.05. The standard InChI is InChI=1S/C12H15F3O5SSe/c1-3-10(19-8-18-2)9-6-4-5-7-11(9)22-20-21(16,17)12(13,14)15/h4-7,10H,3,8H2,1-2H3/t10-/m0/s1. The summed E-state index contributed by atoms with van der Waals surface area (Å²) >= 11 is -1.35. The Morgan fingerprint density at radius 2 is 1.91 bits per heavy atom. The van der Waals surface area contributed by atoms with Crippen molar-refractivity contribution in [3.8, 4) is 0 Å². The van der Waals surface area contributed by atoms with E-state index in [4.69, 9.17) is 9.47 Å². The molecular weight excluding hydrogens is 392 g/mol. The van der Waals surface area contributed by atoms with Crippen LogP contribution in [0.15, 0.2) is 24.3 Å². The number of halogens is 3. The molecule has 0 fully saturated rings. The van der Waals surface area contributed by atoms with Crippen molar-refractivity contribution in [3.63, 3.8) is 0 Å². The second-order valence-corrected chi connectivity index (χ2v) is 7.70. The van der Waals surface area contributed by atoms with Crippen LogP contribution in [0.3, 0.4) is 0 Å². The minimum atomic E-state index is -5.60. The van der Waals surface area contributed by atoms with Crippen molar-refractivity contribution in [1.29, 1.82) is 0 Å². The van der Waals surface area contributed by atoms with Gasteiger partial charge in [-0.3, -0.25) is 0 Å². The van der Waals surface area contributed by atoms with E-state index in [9.17, 15) is 21.6 Å². The van der Waals surface area contributed by atoms with E-state index in [-0.39, 0.29) is 6.79 Å². The molecule has 1 aromatic rings. The number of rotatable bonds is 8. The Balaban J connectivity index is 2.93. The maximum atomic E-state index is 12.3. The summed E-state index contributed by atoms with van der Waals surface area (Å²) in [5, 5.41) is 0. The Kier molecular flexibility index (Phi) is 7.30. The summed E-state index contributed by atoms with van der Waals surface area (Å²) in [5.74, 6) is 0. The first-order valence-electron chi connectivity index (χ1n) is 6.09. The van der Waals surface area contributed by atoms with Crippen LogP contribution in [0, 0.1) is 0 Å². The molecule has 0 amide bonds. The number of hydrogen-bond acceptors (Lipinski definition) is 5. The van der Waals surface area contributed by atoms with Gasteiger partial charge in [-0.05, 0) is 0 Å². The Morgan fingerprint density at radius 1 is 1.27 bits per heavy atom. The SMILES string of the molecule is CC[C@H](OCOC)c1ccccc1[Se]OS(=O)(=O)C(F)(F)F. The molecule has 0 aliphatic heterocycles. The average molecular weight is 407 g/mol. The molecule has 0 saturated heterocycles. The Hall–Kier alpha value is -0.641. The number of hydrogen-bond donors (Lipinski definition) is 0. The van der Waals surface area contributed by atoms with Crippen LogP contribution in [0.5, 0.6) is 0 Å². The van der Waals surface area contributed by atoms with Crippen molar-refractivity contribution in [2.45, 2.75) is 25.0 Å². The third-order valence-electron chi connectivity index (χ3n) is 2.52. The fourth-order valence-electron chi connectivity index (χ4n) is 1.52. The fraction of sp³-hybridized carbons (Fsp3) is 0.500. The molecule has 0 spiro atoms. The molecule has 0 radical (unpaired) electrons. The molecule has 0 heterocycles. The van der Waals surface area contributed by atoms with E-state index in [1.807, 2.05) is 6.92 Å². The van der Waals surface area contributed by atoms with E-state index in [2.05, 4.69) is 3.27 Å². The van der Waals surface area contributed by atoms with Crippen molar-refractivity contribution in [3.05, 3.63) is 29.8 Å². The first-order valence-corrected chi connectivity index (χ1v) is 9.06. The number of methoxy groups -OCH3 is 1. The average Bonchev–Trinajstić information content (AvgIpc) is 2.46. The van der Waals surface area contributed by atoms with Gasteiger partial charge in [-0.25, -0.2) is 0 Å². The number of alkyl halides is 3. The molecule has 0 saturated carbocycles. The third kappa shape index (κ3) is 5.22. The van der Waals surface area contributed by atoms with Crippen LogP contribution < -0.4 is 4.46 Å². The molecule has 0 aliphatic rings. The van der Waals surface area contributed by atoms with E-state index >= 15 is 0 Å². The quantitative estimate of drug-likeness (QED) is 0.374. The van der Waals surface area contributed by atoms with Crippen LogP contribution in [-0.2, 0) is 22.9 Å². The van der Waals surface area contributed by atoms with Gasteiger partial charge in [-0.1, -0.05) is 0 Å². The molecule has 10 heteroatoms. The van der Waals surface area contributed by atoms with Gasteiger partial charge in [0.15, 0.2) is 0 Å². The predicted octanol–water partition coefficient (Wildman–Crippen LogP) is 1.87. The monoisotopic (exact) mass is 408 g/mol. The van der Waals surface area contributed by atoms with Gasteiger partial charge in [0.25, 0.3) is 0 Å². The van der Waals surface area contributed by atoms with Gasteiger partial charge in [-0.15, -0.1) is 0 Å².